The summed E-state index contributed by atoms with van der Waals surface area (Å²) in [6, 6.07) is 1.79. The molecule has 0 atom stereocenters. The lowest BCUT2D eigenvalue weighted by molar-refractivity contribution is -0.470. The zero-order valence-electron chi connectivity index (χ0n) is 12.7. The lowest BCUT2D eigenvalue weighted by Crippen LogP contribution is -2.38. The number of benzene rings is 1. The Morgan fingerprint density at radius 1 is 1.17 bits per heavy atom. The fourth-order valence-corrected chi connectivity index (χ4v) is 2.40. The number of hydrogen-bond donors (Lipinski definition) is 0. The van der Waals surface area contributed by atoms with Crippen molar-refractivity contribution >= 4 is 40.0 Å². The van der Waals surface area contributed by atoms with Crippen molar-refractivity contribution in [2.45, 2.75) is 26.9 Å². The summed E-state index contributed by atoms with van der Waals surface area (Å²) in [5.41, 5.74) is -5.61. The van der Waals surface area contributed by atoms with E-state index in [1.54, 1.807) is 0 Å². The van der Waals surface area contributed by atoms with Gasteiger partial charge >= 0.3 is 11.9 Å². The molecular weight excluding hydrogens is 372 g/mol. The molecule has 1 heterocycles. The molecule has 0 amide bonds. The van der Waals surface area contributed by atoms with E-state index in [9.17, 15) is 28.1 Å². The van der Waals surface area contributed by atoms with E-state index in [0.717, 1.165) is 12.1 Å². The predicted molar refractivity (Wildman–Crippen MR) is 82.9 cm³/mol. The molecule has 24 heavy (non-hydrogen) atoms. The van der Waals surface area contributed by atoms with Crippen LogP contribution in [-0.2, 0) is 6.18 Å². The van der Waals surface area contributed by atoms with Crippen LogP contribution >= 0.6 is 23.2 Å². The number of fused-ring (bicyclic) bond motifs is 1. The van der Waals surface area contributed by atoms with Gasteiger partial charge in [0.25, 0.3) is 5.52 Å². The van der Waals surface area contributed by atoms with Crippen molar-refractivity contribution < 1.29 is 22.4 Å². The molecule has 1 aromatic heterocycles. The number of Topliss-reactive ketones (excluding diaryl/α,β-unsaturated/α-hetero) is 1. The summed E-state index contributed by atoms with van der Waals surface area (Å²) < 4.78 is 39.4. The highest BCUT2D eigenvalue weighted by Gasteiger charge is 2.47. The standard InChI is InChI=1S/C14H11Cl2F3N2O3/c1-13(2,3)12(22)10-11(14(17,18)19)21(24)9-5-7(16)6(15)4-8(9)20(10)23/h4-5H,1-3H3. The first-order chi connectivity index (χ1) is 10.8. The maximum Gasteiger partial charge on any atom is 0.438 e. The molecule has 0 radical (unpaired) electrons. The van der Waals surface area contributed by atoms with Crippen LogP contribution in [0, 0.1) is 15.5 Å². The Labute approximate surface area is 143 Å². The second-order valence-corrected chi connectivity index (χ2v) is 6.93. The third kappa shape index (κ3) is 2.95. The highest BCUT2D eigenvalue weighted by Crippen LogP contribution is 2.36. The quantitative estimate of drug-likeness (QED) is 0.540. The van der Waals surface area contributed by atoms with Crippen LogP contribution < -0.4 is 4.43 Å². The molecular formula is C14H11Cl2F3N2O3. The molecule has 2 aromatic rings. The van der Waals surface area contributed by atoms with E-state index in [4.69, 9.17) is 23.2 Å². The van der Waals surface area contributed by atoms with Crippen molar-refractivity contribution in [1.29, 1.82) is 0 Å². The predicted octanol–water partition coefficient (Wildman–Crippen LogP) is 4.46. The monoisotopic (exact) mass is 382 g/mol. The Balaban J connectivity index is 3.11. The van der Waals surface area contributed by atoms with Crippen molar-refractivity contribution in [3.63, 3.8) is 0 Å². The van der Waals surface area contributed by atoms with Gasteiger partial charge in [0.15, 0.2) is 0 Å². The van der Waals surface area contributed by atoms with Crippen LogP contribution in [0.2, 0.25) is 10.0 Å². The van der Waals surface area contributed by atoms with E-state index in [1.807, 2.05) is 0 Å². The van der Waals surface area contributed by atoms with Crippen LogP contribution in [0.3, 0.4) is 0 Å². The Bertz CT molecular complexity index is 915. The maximum atomic E-state index is 13.4. The number of halogens is 5. The third-order valence-electron chi connectivity index (χ3n) is 3.25. The smallest absolute Gasteiger partial charge is 0.438 e. The van der Waals surface area contributed by atoms with Crippen molar-refractivity contribution in [2.24, 2.45) is 5.41 Å². The molecule has 0 bridgehead atoms. The van der Waals surface area contributed by atoms with Gasteiger partial charge in [-0.1, -0.05) is 44.0 Å². The second kappa shape index (κ2) is 5.63. The molecule has 0 aliphatic heterocycles. The van der Waals surface area contributed by atoms with Gasteiger partial charge in [-0.05, 0) is 6.07 Å². The minimum absolute atomic E-state index is 0.136. The molecule has 0 N–H and O–H groups in total. The summed E-state index contributed by atoms with van der Waals surface area (Å²) in [4.78, 5) is 24.8. The minimum Gasteiger partial charge on any atom is -0.805 e. The molecule has 0 saturated heterocycles. The molecule has 5 nitrogen and oxygen atoms in total. The van der Waals surface area contributed by atoms with Gasteiger partial charge in [-0.25, -0.2) is 0 Å². The van der Waals surface area contributed by atoms with Crippen molar-refractivity contribution in [2.75, 3.05) is 0 Å². The Hall–Kier alpha value is -1.80. The maximum absolute atomic E-state index is 13.4. The molecule has 0 aliphatic rings. The average Bonchev–Trinajstić information content (AvgIpc) is 2.41. The zero-order valence-corrected chi connectivity index (χ0v) is 14.2. The first-order valence-electron chi connectivity index (χ1n) is 6.56. The number of carbonyl (C=O) groups is 1. The molecule has 10 heteroatoms. The lowest BCUT2D eigenvalue weighted by Gasteiger charge is -2.22. The number of alkyl halides is 3. The molecule has 0 spiro atoms. The van der Waals surface area contributed by atoms with E-state index in [-0.39, 0.29) is 14.5 Å². The number of nitrogens with zero attached hydrogens (tertiary/aromatic N) is 2. The lowest BCUT2D eigenvalue weighted by atomic mass is 9.88. The number of carbonyl (C=O) groups excluding carboxylic acids is 1. The van der Waals surface area contributed by atoms with Crippen molar-refractivity contribution in [3.8, 4) is 0 Å². The van der Waals surface area contributed by atoms with E-state index in [1.165, 1.54) is 20.8 Å². The third-order valence-corrected chi connectivity index (χ3v) is 3.97. The minimum atomic E-state index is -5.22. The topological polar surface area (TPSA) is 68.0 Å². The van der Waals surface area contributed by atoms with E-state index < -0.39 is 44.5 Å². The number of hydrogen-bond acceptors (Lipinski definition) is 3. The van der Waals surface area contributed by atoms with Crippen LogP contribution in [-0.4, -0.2) is 10.5 Å². The molecule has 0 aliphatic carbocycles. The molecule has 0 fully saturated rings. The summed E-state index contributed by atoms with van der Waals surface area (Å²) in [6.45, 7) is 4.01. The van der Waals surface area contributed by atoms with Gasteiger partial charge in [0.05, 0.1) is 14.5 Å². The first kappa shape index (κ1) is 18.5. The van der Waals surface area contributed by atoms with Crippen LogP contribution in [0.5, 0.6) is 0 Å². The van der Waals surface area contributed by atoms with Gasteiger partial charge in [0.2, 0.25) is 11.5 Å². The molecule has 0 unspecified atom stereocenters. The van der Waals surface area contributed by atoms with E-state index in [0.29, 0.717) is 0 Å². The Morgan fingerprint density at radius 2 is 1.67 bits per heavy atom. The molecule has 0 saturated carbocycles. The fraction of sp³-hybridized carbons (Fsp3) is 0.357. The summed E-state index contributed by atoms with van der Waals surface area (Å²) in [5, 5.41) is 11.9. The average molecular weight is 383 g/mol. The van der Waals surface area contributed by atoms with Crippen molar-refractivity contribution in [1.82, 2.24) is 4.73 Å². The van der Waals surface area contributed by atoms with Gasteiger partial charge in [-0.2, -0.15) is 13.2 Å². The summed E-state index contributed by atoms with van der Waals surface area (Å²) >= 11 is 11.5. The summed E-state index contributed by atoms with van der Waals surface area (Å²) in [5.74, 6) is -1.12. The highest BCUT2D eigenvalue weighted by atomic mass is 35.5. The van der Waals surface area contributed by atoms with Crippen LogP contribution in [0.15, 0.2) is 12.1 Å². The second-order valence-electron chi connectivity index (χ2n) is 6.12. The Morgan fingerprint density at radius 3 is 2.12 bits per heavy atom. The van der Waals surface area contributed by atoms with Crippen LogP contribution in [0.4, 0.5) is 13.2 Å². The van der Waals surface area contributed by atoms with Crippen LogP contribution in [0.1, 0.15) is 37.0 Å². The van der Waals surface area contributed by atoms with Crippen LogP contribution in [0.25, 0.3) is 11.0 Å². The number of ketones is 1. The summed E-state index contributed by atoms with van der Waals surface area (Å²) in [6.07, 6.45) is -5.22. The number of rotatable bonds is 1. The normalized spacial score (nSPS) is 12.7. The molecule has 1 aromatic carbocycles. The van der Waals surface area contributed by atoms with Gasteiger partial charge in [-0.15, -0.1) is 0 Å². The van der Waals surface area contributed by atoms with E-state index in [2.05, 4.69) is 0 Å². The number of aromatic nitrogens is 2. The van der Waals surface area contributed by atoms with E-state index >= 15 is 0 Å². The Kier molecular flexibility index (Phi) is 4.35. The summed E-state index contributed by atoms with van der Waals surface area (Å²) in [7, 11) is 0. The molecule has 2 rings (SSSR count). The van der Waals surface area contributed by atoms with Crippen molar-refractivity contribution in [3.05, 3.63) is 43.7 Å². The highest BCUT2D eigenvalue weighted by molar-refractivity contribution is 6.42. The first-order valence-corrected chi connectivity index (χ1v) is 7.32. The molecule has 130 valence electrons. The SMILES string of the molecule is CC(C)(C)C(=O)c1c(C(F)(F)F)n([O-])c2cc(Cl)c(Cl)cc2[n+]1=O. The van der Waals surface area contributed by atoms with Gasteiger partial charge in [-0.3, -0.25) is 4.79 Å². The fourth-order valence-electron chi connectivity index (χ4n) is 2.09. The zero-order chi connectivity index (χ0) is 18.6. The van der Waals surface area contributed by atoms with Gasteiger partial charge in [0, 0.05) is 16.4 Å². The van der Waals surface area contributed by atoms with Gasteiger partial charge in [0.1, 0.15) is 5.52 Å². The van der Waals surface area contributed by atoms with Gasteiger partial charge < -0.3 is 9.94 Å². The largest absolute Gasteiger partial charge is 0.805 e.